The highest BCUT2D eigenvalue weighted by Crippen LogP contribution is 2.28. The number of rotatable bonds is 2. The zero-order valence-electron chi connectivity index (χ0n) is 12.6. The Labute approximate surface area is 132 Å². The third kappa shape index (κ3) is 4.89. The summed E-state index contributed by atoms with van der Waals surface area (Å²) in [5, 5.41) is 2.64. The van der Waals surface area contributed by atoms with Gasteiger partial charge in [0.05, 0.1) is 24.8 Å². The van der Waals surface area contributed by atoms with Crippen molar-refractivity contribution < 1.29 is 22.7 Å². The number of halogens is 3. The summed E-state index contributed by atoms with van der Waals surface area (Å²) < 4.78 is 42.5. The predicted octanol–water partition coefficient (Wildman–Crippen LogP) is 2.49. The minimum absolute atomic E-state index is 0.0675. The number of urea groups is 1. The summed E-state index contributed by atoms with van der Waals surface area (Å²) in [7, 11) is 1.69. The van der Waals surface area contributed by atoms with Crippen molar-refractivity contribution in [3.8, 4) is 11.8 Å². The molecule has 0 aliphatic carbocycles. The van der Waals surface area contributed by atoms with Gasteiger partial charge < -0.3 is 15.0 Å². The van der Waals surface area contributed by atoms with E-state index in [9.17, 15) is 18.0 Å². The van der Waals surface area contributed by atoms with Crippen molar-refractivity contribution in [2.45, 2.75) is 18.6 Å². The van der Waals surface area contributed by atoms with Crippen LogP contribution in [0.2, 0.25) is 0 Å². The lowest BCUT2D eigenvalue weighted by atomic mass is 10.1. The number of alkyl halides is 3. The second kappa shape index (κ2) is 7.38. The van der Waals surface area contributed by atoms with Crippen LogP contribution in [0.3, 0.4) is 0 Å². The molecule has 1 N–H and O–H groups in total. The topological polar surface area (TPSA) is 41.6 Å². The average molecular weight is 326 g/mol. The summed E-state index contributed by atoms with van der Waals surface area (Å²) in [6.45, 7) is 1.30. The van der Waals surface area contributed by atoms with Crippen molar-refractivity contribution in [1.82, 2.24) is 10.2 Å². The number of nitrogens with zero attached hydrogens (tertiary/aromatic N) is 1. The number of hydrogen-bond acceptors (Lipinski definition) is 2. The molecular weight excluding hydrogens is 309 g/mol. The van der Waals surface area contributed by atoms with Crippen molar-refractivity contribution in [3.63, 3.8) is 0 Å². The molecule has 1 fully saturated rings. The summed E-state index contributed by atoms with van der Waals surface area (Å²) in [4.78, 5) is 13.4. The van der Waals surface area contributed by atoms with Crippen LogP contribution in [0.4, 0.5) is 18.0 Å². The van der Waals surface area contributed by atoms with Crippen LogP contribution in [0.1, 0.15) is 17.5 Å². The van der Waals surface area contributed by atoms with Gasteiger partial charge >= 0.3 is 12.2 Å². The van der Waals surface area contributed by atoms with Crippen LogP contribution < -0.4 is 5.32 Å². The maximum atomic E-state index is 12.4. The van der Waals surface area contributed by atoms with E-state index in [4.69, 9.17) is 4.74 Å². The molecule has 1 atom stereocenters. The second-order valence-electron chi connectivity index (χ2n) is 5.16. The van der Waals surface area contributed by atoms with E-state index in [1.54, 1.807) is 11.9 Å². The highest BCUT2D eigenvalue weighted by Gasteiger charge is 2.29. The largest absolute Gasteiger partial charge is 0.416 e. The van der Waals surface area contributed by atoms with E-state index in [0.717, 1.165) is 18.6 Å². The van der Waals surface area contributed by atoms with Gasteiger partial charge in [-0.25, -0.2) is 4.79 Å². The van der Waals surface area contributed by atoms with E-state index in [-0.39, 0.29) is 18.6 Å². The Hall–Kier alpha value is -2.20. The third-order valence-corrected chi connectivity index (χ3v) is 3.55. The first kappa shape index (κ1) is 17.2. The maximum Gasteiger partial charge on any atom is 0.416 e. The van der Waals surface area contributed by atoms with Gasteiger partial charge in [-0.1, -0.05) is 11.8 Å². The molecule has 4 nitrogen and oxygen atoms in total. The number of carbonyl (C=O) groups excluding carboxylic acids is 1. The van der Waals surface area contributed by atoms with Crippen LogP contribution in [0.5, 0.6) is 0 Å². The highest BCUT2D eigenvalue weighted by molar-refractivity contribution is 5.74. The summed E-state index contributed by atoms with van der Waals surface area (Å²) in [6.07, 6.45) is -3.55. The van der Waals surface area contributed by atoms with E-state index < -0.39 is 11.7 Å². The van der Waals surface area contributed by atoms with E-state index in [1.807, 2.05) is 0 Å². The van der Waals surface area contributed by atoms with Gasteiger partial charge in [-0.15, -0.1) is 0 Å². The van der Waals surface area contributed by atoms with Gasteiger partial charge in [-0.05, 0) is 30.7 Å². The fraction of sp³-hybridized carbons (Fsp3) is 0.438. The van der Waals surface area contributed by atoms with Gasteiger partial charge in [0, 0.05) is 19.2 Å². The molecule has 0 bridgehead atoms. The minimum Gasteiger partial charge on any atom is -0.379 e. The summed E-state index contributed by atoms with van der Waals surface area (Å²) in [5.74, 6) is 5.43. The molecule has 124 valence electrons. The first-order valence-electron chi connectivity index (χ1n) is 7.12. The highest BCUT2D eigenvalue weighted by atomic mass is 19.4. The van der Waals surface area contributed by atoms with E-state index >= 15 is 0 Å². The third-order valence-electron chi connectivity index (χ3n) is 3.55. The number of ether oxygens (including phenoxy) is 1. The van der Waals surface area contributed by atoms with Crippen LogP contribution >= 0.6 is 0 Å². The van der Waals surface area contributed by atoms with Crippen molar-refractivity contribution in [3.05, 3.63) is 35.4 Å². The lowest BCUT2D eigenvalue weighted by molar-refractivity contribution is -0.137. The monoisotopic (exact) mass is 326 g/mol. The second-order valence-corrected chi connectivity index (χ2v) is 5.16. The van der Waals surface area contributed by atoms with Crippen molar-refractivity contribution in [2.75, 3.05) is 26.8 Å². The first-order valence-corrected chi connectivity index (χ1v) is 7.12. The van der Waals surface area contributed by atoms with Crippen molar-refractivity contribution >= 4 is 6.03 Å². The van der Waals surface area contributed by atoms with Crippen LogP contribution in [0, 0.1) is 11.8 Å². The quantitative estimate of drug-likeness (QED) is 0.849. The lowest BCUT2D eigenvalue weighted by Crippen LogP contribution is -2.44. The smallest absolute Gasteiger partial charge is 0.379 e. The lowest BCUT2D eigenvalue weighted by Gasteiger charge is -2.22. The van der Waals surface area contributed by atoms with Gasteiger partial charge in [0.15, 0.2) is 0 Å². The van der Waals surface area contributed by atoms with Crippen LogP contribution in [0.25, 0.3) is 0 Å². The summed E-state index contributed by atoms with van der Waals surface area (Å²) >= 11 is 0. The molecule has 1 heterocycles. The van der Waals surface area contributed by atoms with E-state index in [0.29, 0.717) is 18.8 Å². The van der Waals surface area contributed by atoms with Gasteiger partial charge in [-0.3, -0.25) is 0 Å². The number of hydrogen-bond donors (Lipinski definition) is 1. The Bertz CT molecular complexity index is 596. The molecule has 1 saturated heterocycles. The van der Waals surface area contributed by atoms with Crippen LogP contribution in [-0.2, 0) is 10.9 Å². The molecule has 0 spiro atoms. The Balaban J connectivity index is 1.82. The zero-order valence-corrected chi connectivity index (χ0v) is 12.6. The molecule has 0 aromatic heterocycles. The van der Waals surface area contributed by atoms with E-state index in [1.165, 1.54) is 12.1 Å². The number of benzene rings is 1. The Morgan fingerprint density at radius 1 is 1.39 bits per heavy atom. The minimum atomic E-state index is -4.35. The van der Waals surface area contributed by atoms with Gasteiger partial charge in [-0.2, -0.15) is 13.2 Å². The fourth-order valence-electron chi connectivity index (χ4n) is 2.13. The number of amides is 2. The summed E-state index contributed by atoms with van der Waals surface area (Å²) in [5.41, 5.74) is -0.249. The Morgan fingerprint density at radius 2 is 2.09 bits per heavy atom. The molecule has 1 aliphatic heterocycles. The standard InChI is InChI=1S/C16H17F3N2O2/c1-21(14-8-10-23-11-14)15(22)20-9-2-3-12-4-6-13(7-5-12)16(17,18)19/h4-7,14H,8-11H2,1H3,(H,20,22). The van der Waals surface area contributed by atoms with Crippen molar-refractivity contribution in [2.24, 2.45) is 0 Å². The van der Waals surface area contributed by atoms with Gasteiger partial charge in [0.25, 0.3) is 0 Å². The van der Waals surface area contributed by atoms with Gasteiger partial charge in [0.1, 0.15) is 0 Å². The molecule has 1 aromatic carbocycles. The normalized spacial score (nSPS) is 17.3. The number of carbonyl (C=O) groups is 1. The molecule has 1 aliphatic rings. The molecule has 2 amide bonds. The number of nitrogens with one attached hydrogen (secondary N) is 1. The number of likely N-dealkylation sites (N-methyl/N-ethyl adjacent to an activating group) is 1. The SMILES string of the molecule is CN(C(=O)NCC#Cc1ccc(C(F)(F)F)cc1)C1CCOC1. The molecule has 7 heteroatoms. The Kier molecular flexibility index (Phi) is 5.50. The zero-order chi connectivity index (χ0) is 16.9. The predicted molar refractivity (Wildman–Crippen MR) is 78.7 cm³/mol. The molecule has 23 heavy (non-hydrogen) atoms. The van der Waals surface area contributed by atoms with Gasteiger partial charge in [0.2, 0.25) is 0 Å². The van der Waals surface area contributed by atoms with Crippen molar-refractivity contribution in [1.29, 1.82) is 0 Å². The summed E-state index contributed by atoms with van der Waals surface area (Å²) in [6, 6.07) is 4.40. The molecule has 1 aromatic rings. The maximum absolute atomic E-state index is 12.4. The molecule has 1 unspecified atom stereocenters. The fourth-order valence-corrected chi connectivity index (χ4v) is 2.13. The van der Waals surface area contributed by atoms with E-state index in [2.05, 4.69) is 17.2 Å². The first-order chi connectivity index (χ1) is 10.9. The Morgan fingerprint density at radius 3 is 2.65 bits per heavy atom. The molecule has 0 saturated carbocycles. The van der Waals surface area contributed by atoms with Crippen LogP contribution in [-0.4, -0.2) is 43.8 Å². The molecule has 0 radical (unpaired) electrons. The van der Waals surface area contributed by atoms with Crippen LogP contribution in [0.15, 0.2) is 24.3 Å². The molecule has 2 rings (SSSR count). The average Bonchev–Trinajstić information content (AvgIpc) is 3.04. The molecular formula is C16H17F3N2O2.